The van der Waals surface area contributed by atoms with E-state index in [1.54, 1.807) is 25.2 Å². The lowest BCUT2D eigenvalue weighted by Gasteiger charge is -2.10. The van der Waals surface area contributed by atoms with Crippen molar-refractivity contribution in [2.24, 2.45) is 0 Å². The Balaban J connectivity index is 2.37. The van der Waals surface area contributed by atoms with Gasteiger partial charge in [0, 0.05) is 11.5 Å². The minimum Gasteiger partial charge on any atom is -0.372 e. The average molecular weight is 349 g/mol. The summed E-state index contributed by atoms with van der Waals surface area (Å²) in [4.78, 5) is 16.0. The normalized spacial score (nSPS) is 9.81. The predicted octanol–water partition coefficient (Wildman–Crippen LogP) is 3.15. The maximum absolute atomic E-state index is 13.3. The van der Waals surface area contributed by atoms with Crippen LogP contribution in [0.25, 0.3) is 0 Å². The number of benzene rings is 1. The molecule has 0 radical (unpaired) electrons. The Bertz CT molecular complexity index is 742. The Kier molecular flexibility index (Phi) is 4.50. The standard InChI is InChI=1S/C14H10BrFN4O/c1-18-13-11(5-10(16)7-19-13)14(21)20-12-4-9(15)3-2-8(12)6-17/h2-5,7H,1H3,(H,18,19)(H,20,21). The second-order valence-electron chi connectivity index (χ2n) is 4.06. The van der Waals surface area contributed by atoms with Gasteiger partial charge in [-0.2, -0.15) is 5.26 Å². The van der Waals surface area contributed by atoms with Gasteiger partial charge in [0.15, 0.2) is 0 Å². The van der Waals surface area contributed by atoms with Crippen molar-refractivity contribution in [3.8, 4) is 6.07 Å². The highest BCUT2D eigenvalue weighted by Gasteiger charge is 2.15. The number of nitrogens with one attached hydrogen (secondary N) is 2. The Morgan fingerprint density at radius 2 is 2.19 bits per heavy atom. The molecule has 0 aliphatic rings. The van der Waals surface area contributed by atoms with Gasteiger partial charge in [-0.05, 0) is 24.3 Å². The van der Waals surface area contributed by atoms with Gasteiger partial charge in [0.25, 0.3) is 5.91 Å². The van der Waals surface area contributed by atoms with Crippen LogP contribution in [0.3, 0.4) is 0 Å². The van der Waals surface area contributed by atoms with E-state index >= 15 is 0 Å². The first-order valence-electron chi connectivity index (χ1n) is 5.89. The molecule has 0 atom stereocenters. The molecule has 0 bridgehead atoms. The van der Waals surface area contributed by atoms with Crippen LogP contribution in [-0.4, -0.2) is 17.9 Å². The average Bonchev–Trinajstić information content (AvgIpc) is 2.47. The smallest absolute Gasteiger partial charge is 0.259 e. The number of hydrogen-bond acceptors (Lipinski definition) is 4. The van der Waals surface area contributed by atoms with E-state index in [9.17, 15) is 9.18 Å². The second-order valence-corrected chi connectivity index (χ2v) is 4.97. The van der Waals surface area contributed by atoms with E-state index in [1.165, 1.54) is 0 Å². The summed E-state index contributed by atoms with van der Waals surface area (Å²) in [7, 11) is 1.58. The minimum atomic E-state index is -0.617. The van der Waals surface area contributed by atoms with E-state index in [2.05, 4.69) is 31.5 Å². The van der Waals surface area contributed by atoms with Crippen molar-refractivity contribution in [1.82, 2.24) is 4.98 Å². The van der Waals surface area contributed by atoms with E-state index in [0.29, 0.717) is 15.7 Å². The maximum atomic E-state index is 13.3. The first-order valence-corrected chi connectivity index (χ1v) is 6.68. The first-order chi connectivity index (χ1) is 10.0. The fraction of sp³-hybridized carbons (Fsp3) is 0.0714. The highest BCUT2D eigenvalue weighted by atomic mass is 79.9. The van der Waals surface area contributed by atoms with Crippen LogP contribution in [0.4, 0.5) is 15.9 Å². The zero-order valence-electron chi connectivity index (χ0n) is 10.9. The van der Waals surface area contributed by atoms with E-state index < -0.39 is 11.7 Å². The topological polar surface area (TPSA) is 77.8 Å². The van der Waals surface area contributed by atoms with Crippen molar-refractivity contribution in [2.45, 2.75) is 0 Å². The number of hydrogen-bond donors (Lipinski definition) is 2. The number of rotatable bonds is 3. The lowest BCUT2D eigenvalue weighted by atomic mass is 10.1. The number of aromatic nitrogens is 1. The van der Waals surface area contributed by atoms with Crippen molar-refractivity contribution in [2.75, 3.05) is 17.7 Å². The first kappa shape index (κ1) is 14.9. The minimum absolute atomic E-state index is 0.0568. The molecule has 2 rings (SSSR count). The summed E-state index contributed by atoms with van der Waals surface area (Å²) in [6.45, 7) is 0. The van der Waals surface area contributed by atoms with Crippen LogP contribution in [-0.2, 0) is 0 Å². The van der Waals surface area contributed by atoms with Crippen LogP contribution in [0.1, 0.15) is 15.9 Å². The third-order valence-corrected chi connectivity index (χ3v) is 3.18. The molecule has 2 N–H and O–H groups in total. The summed E-state index contributed by atoms with van der Waals surface area (Å²) in [6.07, 6.45) is 1.02. The maximum Gasteiger partial charge on any atom is 0.259 e. The van der Waals surface area contributed by atoms with E-state index in [1.807, 2.05) is 6.07 Å². The van der Waals surface area contributed by atoms with Crippen LogP contribution in [0.15, 0.2) is 34.9 Å². The van der Waals surface area contributed by atoms with Crippen molar-refractivity contribution in [3.05, 3.63) is 51.9 Å². The predicted molar refractivity (Wildman–Crippen MR) is 80.6 cm³/mol. The number of nitriles is 1. The zero-order chi connectivity index (χ0) is 15.4. The van der Waals surface area contributed by atoms with Crippen LogP contribution in [0.5, 0.6) is 0 Å². The van der Waals surface area contributed by atoms with Gasteiger partial charge in [0.05, 0.1) is 23.0 Å². The van der Waals surface area contributed by atoms with Crippen LogP contribution in [0.2, 0.25) is 0 Å². The summed E-state index contributed by atoms with van der Waals surface area (Å²) in [5.74, 6) is -0.919. The highest BCUT2D eigenvalue weighted by Crippen LogP contribution is 2.22. The lowest BCUT2D eigenvalue weighted by molar-refractivity contribution is 0.102. The molecule has 5 nitrogen and oxygen atoms in total. The zero-order valence-corrected chi connectivity index (χ0v) is 12.5. The molecular weight excluding hydrogens is 339 g/mol. The number of amides is 1. The largest absolute Gasteiger partial charge is 0.372 e. The molecule has 7 heteroatoms. The van der Waals surface area contributed by atoms with Gasteiger partial charge >= 0.3 is 0 Å². The van der Waals surface area contributed by atoms with Gasteiger partial charge in [-0.3, -0.25) is 4.79 Å². The fourth-order valence-corrected chi connectivity index (χ4v) is 2.08. The Morgan fingerprint density at radius 3 is 2.86 bits per heavy atom. The summed E-state index contributed by atoms with van der Waals surface area (Å²) in [5, 5.41) is 14.3. The number of pyridine rings is 1. The monoisotopic (exact) mass is 348 g/mol. The number of anilines is 2. The molecule has 1 amide bonds. The molecular formula is C14H10BrFN4O. The summed E-state index contributed by atoms with van der Waals surface area (Å²) >= 11 is 3.27. The van der Waals surface area contributed by atoms with Crippen LogP contribution < -0.4 is 10.6 Å². The second kappa shape index (κ2) is 6.33. The molecule has 0 aliphatic carbocycles. The fourth-order valence-electron chi connectivity index (χ4n) is 1.72. The van der Waals surface area contributed by atoms with Crippen molar-refractivity contribution in [3.63, 3.8) is 0 Å². The Morgan fingerprint density at radius 1 is 1.43 bits per heavy atom. The molecule has 106 valence electrons. The highest BCUT2D eigenvalue weighted by molar-refractivity contribution is 9.10. The molecule has 21 heavy (non-hydrogen) atoms. The SMILES string of the molecule is CNc1ncc(F)cc1C(=O)Nc1cc(Br)ccc1C#N. The molecule has 1 heterocycles. The number of carbonyl (C=O) groups is 1. The molecule has 1 aromatic heterocycles. The number of halogens is 2. The molecule has 0 aliphatic heterocycles. The quantitative estimate of drug-likeness (QED) is 0.892. The molecule has 0 fully saturated rings. The molecule has 0 saturated carbocycles. The van der Waals surface area contributed by atoms with Crippen LogP contribution >= 0.6 is 15.9 Å². The summed E-state index contributed by atoms with van der Waals surface area (Å²) in [5.41, 5.74) is 0.700. The molecule has 2 aromatic rings. The van der Waals surface area contributed by atoms with E-state index in [0.717, 1.165) is 12.3 Å². The lowest BCUT2D eigenvalue weighted by Crippen LogP contribution is -2.16. The Labute approximate surface area is 128 Å². The number of nitrogens with zero attached hydrogens (tertiary/aromatic N) is 2. The van der Waals surface area contributed by atoms with Gasteiger partial charge in [0.1, 0.15) is 17.7 Å². The van der Waals surface area contributed by atoms with Crippen molar-refractivity contribution >= 4 is 33.3 Å². The molecule has 0 saturated heterocycles. The van der Waals surface area contributed by atoms with E-state index in [-0.39, 0.29) is 11.4 Å². The molecule has 0 unspecified atom stereocenters. The van der Waals surface area contributed by atoms with Gasteiger partial charge in [0.2, 0.25) is 0 Å². The van der Waals surface area contributed by atoms with Crippen LogP contribution in [0, 0.1) is 17.1 Å². The van der Waals surface area contributed by atoms with Gasteiger partial charge in [-0.15, -0.1) is 0 Å². The Hall–Kier alpha value is -2.46. The summed E-state index contributed by atoms with van der Waals surface area (Å²) in [6, 6.07) is 7.92. The van der Waals surface area contributed by atoms with Gasteiger partial charge in [-0.25, -0.2) is 9.37 Å². The third kappa shape index (κ3) is 3.35. The van der Waals surface area contributed by atoms with Crippen molar-refractivity contribution in [1.29, 1.82) is 5.26 Å². The van der Waals surface area contributed by atoms with Gasteiger partial charge < -0.3 is 10.6 Å². The van der Waals surface area contributed by atoms with E-state index in [4.69, 9.17) is 5.26 Å². The summed E-state index contributed by atoms with van der Waals surface area (Å²) < 4.78 is 14.0. The van der Waals surface area contributed by atoms with Crippen molar-refractivity contribution < 1.29 is 9.18 Å². The molecule has 0 spiro atoms. The number of carbonyl (C=O) groups excluding carboxylic acids is 1. The molecule has 1 aromatic carbocycles. The third-order valence-electron chi connectivity index (χ3n) is 2.69. The van der Waals surface area contributed by atoms with Gasteiger partial charge in [-0.1, -0.05) is 15.9 Å².